The van der Waals surface area contributed by atoms with E-state index in [0.717, 1.165) is 12.8 Å². The van der Waals surface area contributed by atoms with Gasteiger partial charge in [0.1, 0.15) is 0 Å². The van der Waals surface area contributed by atoms with Gasteiger partial charge in [-0.05, 0) is 33.9 Å². The van der Waals surface area contributed by atoms with Gasteiger partial charge in [0, 0.05) is 19.1 Å². The standard InChI is InChI=1S/C10H22N2O3S/c1-9(8-13)16(14,15)12-6-4-10(5-7-12)11(2)3/h9-10,13H,4-8H2,1-3H3. The summed E-state index contributed by atoms with van der Waals surface area (Å²) >= 11 is 0. The molecule has 0 aromatic carbocycles. The second kappa shape index (κ2) is 5.44. The number of hydrogen-bond donors (Lipinski definition) is 1. The molecule has 0 amide bonds. The Morgan fingerprint density at radius 1 is 1.38 bits per heavy atom. The van der Waals surface area contributed by atoms with Crippen LogP contribution in [0.1, 0.15) is 19.8 Å². The summed E-state index contributed by atoms with van der Waals surface area (Å²) in [5.41, 5.74) is 0. The van der Waals surface area contributed by atoms with Gasteiger partial charge in [0.15, 0.2) is 0 Å². The van der Waals surface area contributed by atoms with E-state index in [9.17, 15) is 8.42 Å². The lowest BCUT2D eigenvalue weighted by Crippen LogP contribution is -2.47. The Morgan fingerprint density at radius 2 is 1.88 bits per heavy atom. The van der Waals surface area contributed by atoms with Crippen LogP contribution in [0.25, 0.3) is 0 Å². The molecule has 0 aliphatic carbocycles. The molecule has 1 saturated heterocycles. The first-order valence-corrected chi connectivity index (χ1v) is 7.16. The third kappa shape index (κ3) is 2.94. The van der Waals surface area contributed by atoms with Crippen molar-refractivity contribution in [3.63, 3.8) is 0 Å². The van der Waals surface area contributed by atoms with Crippen molar-refractivity contribution in [2.75, 3.05) is 33.8 Å². The van der Waals surface area contributed by atoms with Crippen molar-refractivity contribution in [2.45, 2.75) is 31.1 Å². The summed E-state index contributed by atoms with van der Waals surface area (Å²) in [5, 5.41) is 8.24. The SMILES string of the molecule is CC(CO)S(=O)(=O)N1CCC(N(C)C)CC1. The number of sulfonamides is 1. The zero-order valence-electron chi connectivity index (χ0n) is 10.3. The maximum Gasteiger partial charge on any atom is 0.218 e. The Morgan fingerprint density at radius 3 is 2.25 bits per heavy atom. The fourth-order valence-electron chi connectivity index (χ4n) is 1.96. The van der Waals surface area contributed by atoms with Gasteiger partial charge < -0.3 is 10.0 Å². The van der Waals surface area contributed by atoms with Gasteiger partial charge >= 0.3 is 0 Å². The summed E-state index contributed by atoms with van der Waals surface area (Å²) in [7, 11) is 0.742. The number of nitrogens with zero attached hydrogens (tertiary/aromatic N) is 2. The minimum atomic E-state index is -3.30. The van der Waals surface area contributed by atoms with Crippen LogP contribution in [0.4, 0.5) is 0 Å². The van der Waals surface area contributed by atoms with Gasteiger partial charge in [-0.2, -0.15) is 0 Å². The normalized spacial score (nSPS) is 22.6. The minimum Gasteiger partial charge on any atom is -0.395 e. The number of aliphatic hydroxyl groups is 1. The van der Waals surface area contributed by atoms with Gasteiger partial charge in [-0.25, -0.2) is 12.7 Å². The summed E-state index contributed by atoms with van der Waals surface area (Å²) in [4.78, 5) is 2.14. The van der Waals surface area contributed by atoms with Crippen molar-refractivity contribution in [1.29, 1.82) is 0 Å². The largest absolute Gasteiger partial charge is 0.395 e. The fraction of sp³-hybridized carbons (Fsp3) is 1.00. The molecule has 1 heterocycles. The van der Waals surface area contributed by atoms with Gasteiger partial charge in [0.05, 0.1) is 11.9 Å². The van der Waals surface area contributed by atoms with Crippen molar-refractivity contribution in [1.82, 2.24) is 9.21 Å². The Labute approximate surface area is 98.1 Å². The molecule has 0 spiro atoms. The molecule has 0 saturated carbocycles. The summed E-state index contributed by atoms with van der Waals surface area (Å²) in [6, 6.07) is 0.468. The maximum atomic E-state index is 11.9. The molecule has 5 nitrogen and oxygen atoms in total. The van der Waals surface area contributed by atoms with Crippen molar-refractivity contribution in [3.05, 3.63) is 0 Å². The van der Waals surface area contributed by atoms with Crippen molar-refractivity contribution >= 4 is 10.0 Å². The van der Waals surface area contributed by atoms with E-state index in [0.29, 0.717) is 19.1 Å². The van der Waals surface area contributed by atoms with E-state index in [1.165, 1.54) is 4.31 Å². The molecule has 0 aromatic heterocycles. The minimum absolute atomic E-state index is 0.310. The summed E-state index contributed by atoms with van der Waals surface area (Å²) in [5.74, 6) is 0. The number of aliphatic hydroxyl groups excluding tert-OH is 1. The highest BCUT2D eigenvalue weighted by Crippen LogP contribution is 2.19. The van der Waals surface area contributed by atoms with E-state index in [1.807, 2.05) is 14.1 Å². The van der Waals surface area contributed by atoms with Crippen molar-refractivity contribution in [2.24, 2.45) is 0 Å². The number of hydrogen-bond acceptors (Lipinski definition) is 4. The van der Waals surface area contributed by atoms with Crippen LogP contribution in [0.15, 0.2) is 0 Å². The molecule has 1 unspecified atom stereocenters. The van der Waals surface area contributed by atoms with Crippen LogP contribution in [-0.2, 0) is 10.0 Å². The van der Waals surface area contributed by atoms with E-state index < -0.39 is 15.3 Å². The van der Waals surface area contributed by atoms with Crippen molar-refractivity contribution < 1.29 is 13.5 Å². The quantitative estimate of drug-likeness (QED) is 0.746. The van der Waals surface area contributed by atoms with Crippen LogP contribution in [0.3, 0.4) is 0 Å². The second-order valence-corrected chi connectivity index (χ2v) is 6.98. The van der Waals surface area contributed by atoms with Gasteiger partial charge in [0.2, 0.25) is 10.0 Å². The third-order valence-electron chi connectivity index (χ3n) is 3.28. The molecule has 0 aromatic rings. The van der Waals surface area contributed by atoms with Crippen LogP contribution in [-0.4, -0.2) is 67.8 Å². The predicted molar refractivity (Wildman–Crippen MR) is 63.7 cm³/mol. The molecule has 1 aliphatic heterocycles. The van der Waals surface area contributed by atoms with E-state index in [1.54, 1.807) is 6.92 Å². The Hall–Kier alpha value is -0.170. The second-order valence-electron chi connectivity index (χ2n) is 4.63. The fourth-order valence-corrected chi connectivity index (χ4v) is 3.38. The molecular weight excluding hydrogens is 228 g/mol. The van der Waals surface area contributed by atoms with E-state index in [-0.39, 0.29) is 6.61 Å². The van der Waals surface area contributed by atoms with Crippen LogP contribution < -0.4 is 0 Å². The van der Waals surface area contributed by atoms with Gasteiger partial charge in [-0.3, -0.25) is 0 Å². The molecular formula is C10H22N2O3S. The topological polar surface area (TPSA) is 60.9 Å². The first-order chi connectivity index (χ1) is 7.39. The highest BCUT2D eigenvalue weighted by atomic mass is 32.2. The van der Waals surface area contributed by atoms with Crippen LogP contribution >= 0.6 is 0 Å². The van der Waals surface area contributed by atoms with Crippen LogP contribution in [0, 0.1) is 0 Å². The average molecular weight is 250 g/mol. The number of rotatable bonds is 4. The first kappa shape index (κ1) is 13.9. The zero-order chi connectivity index (χ0) is 12.3. The zero-order valence-corrected chi connectivity index (χ0v) is 11.1. The third-order valence-corrected chi connectivity index (χ3v) is 5.53. The first-order valence-electron chi connectivity index (χ1n) is 5.66. The van der Waals surface area contributed by atoms with Gasteiger partial charge in [-0.15, -0.1) is 0 Å². The molecule has 1 N–H and O–H groups in total. The molecule has 1 fully saturated rings. The maximum absolute atomic E-state index is 11.9. The molecule has 0 bridgehead atoms. The van der Waals surface area contributed by atoms with Crippen LogP contribution in [0.2, 0.25) is 0 Å². The lowest BCUT2D eigenvalue weighted by atomic mass is 10.1. The monoisotopic (exact) mass is 250 g/mol. The molecule has 1 aliphatic rings. The van der Waals surface area contributed by atoms with Crippen molar-refractivity contribution in [3.8, 4) is 0 Å². The van der Waals surface area contributed by atoms with Gasteiger partial charge in [0.25, 0.3) is 0 Å². The molecule has 16 heavy (non-hydrogen) atoms. The van der Waals surface area contributed by atoms with E-state index in [2.05, 4.69) is 4.90 Å². The molecule has 96 valence electrons. The molecule has 0 radical (unpaired) electrons. The molecule has 6 heteroatoms. The van der Waals surface area contributed by atoms with Crippen LogP contribution in [0.5, 0.6) is 0 Å². The predicted octanol–water partition coefficient (Wildman–Crippen LogP) is -0.277. The molecule has 1 atom stereocenters. The summed E-state index contributed by atoms with van der Waals surface area (Å²) in [6.07, 6.45) is 1.73. The molecule has 1 rings (SSSR count). The summed E-state index contributed by atoms with van der Waals surface area (Å²) in [6.45, 7) is 2.37. The highest BCUT2D eigenvalue weighted by Gasteiger charge is 2.32. The van der Waals surface area contributed by atoms with E-state index in [4.69, 9.17) is 5.11 Å². The van der Waals surface area contributed by atoms with Gasteiger partial charge in [-0.1, -0.05) is 0 Å². The number of piperidine rings is 1. The van der Waals surface area contributed by atoms with E-state index >= 15 is 0 Å². The lowest BCUT2D eigenvalue weighted by Gasteiger charge is -2.35. The lowest BCUT2D eigenvalue weighted by molar-refractivity contribution is 0.194. The Balaban J connectivity index is 2.60. The Bertz CT molecular complexity index is 308. The summed E-state index contributed by atoms with van der Waals surface area (Å²) < 4.78 is 25.4. The average Bonchev–Trinajstić information content (AvgIpc) is 2.28. The Kier molecular flexibility index (Phi) is 4.73. The smallest absolute Gasteiger partial charge is 0.218 e. The highest BCUT2D eigenvalue weighted by molar-refractivity contribution is 7.89.